The van der Waals surface area contributed by atoms with Gasteiger partial charge in [-0.25, -0.2) is 4.39 Å². The van der Waals surface area contributed by atoms with E-state index in [0.29, 0.717) is 16.4 Å². The molecule has 90 valence electrons. The molecule has 1 nitrogen and oxygen atoms in total. The van der Waals surface area contributed by atoms with E-state index in [2.05, 4.69) is 35.1 Å². The third-order valence-corrected chi connectivity index (χ3v) is 3.65. The molecule has 0 radical (unpaired) electrons. The third kappa shape index (κ3) is 3.56. The Bertz CT molecular complexity index is 337. The Balaban J connectivity index is 2.69. The van der Waals surface area contributed by atoms with Gasteiger partial charge in [-0.15, -0.1) is 0 Å². The number of hydrogen-bond acceptors (Lipinski definition) is 1. The van der Waals surface area contributed by atoms with Crippen molar-refractivity contribution in [1.29, 1.82) is 0 Å². The summed E-state index contributed by atoms with van der Waals surface area (Å²) < 4.78 is 13.6. The summed E-state index contributed by atoms with van der Waals surface area (Å²) in [6, 6.07) is 5.77. The van der Waals surface area contributed by atoms with Crippen LogP contribution in [0.25, 0.3) is 0 Å². The highest BCUT2D eigenvalue weighted by Gasteiger charge is 2.14. The van der Waals surface area contributed by atoms with Gasteiger partial charge in [0.1, 0.15) is 5.82 Å². The fourth-order valence-electron chi connectivity index (χ4n) is 2.07. The van der Waals surface area contributed by atoms with E-state index >= 15 is 0 Å². The van der Waals surface area contributed by atoms with Crippen molar-refractivity contribution in [2.75, 3.05) is 7.05 Å². The van der Waals surface area contributed by atoms with E-state index in [-0.39, 0.29) is 5.82 Å². The average molecular weight is 288 g/mol. The maximum absolute atomic E-state index is 13.1. The van der Waals surface area contributed by atoms with Gasteiger partial charge in [-0.3, -0.25) is 0 Å². The molecule has 16 heavy (non-hydrogen) atoms. The molecule has 1 N–H and O–H groups in total. The molecule has 0 fully saturated rings. The zero-order valence-corrected chi connectivity index (χ0v) is 11.6. The minimum absolute atomic E-state index is 0.197. The van der Waals surface area contributed by atoms with Gasteiger partial charge in [-0.1, -0.05) is 19.9 Å². The molecule has 1 rings (SSSR count). The molecule has 0 heterocycles. The highest BCUT2D eigenvalue weighted by Crippen LogP contribution is 2.20. The second-order valence-electron chi connectivity index (χ2n) is 4.23. The smallest absolute Gasteiger partial charge is 0.137 e. The van der Waals surface area contributed by atoms with Crippen molar-refractivity contribution in [3.8, 4) is 0 Å². The maximum atomic E-state index is 13.1. The van der Waals surface area contributed by atoms with Gasteiger partial charge in [-0.2, -0.15) is 0 Å². The highest BCUT2D eigenvalue weighted by molar-refractivity contribution is 9.10. The van der Waals surface area contributed by atoms with Crippen molar-refractivity contribution < 1.29 is 4.39 Å². The zero-order chi connectivity index (χ0) is 12.1. The first-order chi connectivity index (χ1) is 7.58. The molecule has 1 aromatic rings. The number of nitrogens with one attached hydrogen (secondary N) is 1. The van der Waals surface area contributed by atoms with Crippen LogP contribution in [0, 0.1) is 11.7 Å². The fraction of sp³-hybridized carbons (Fsp3) is 0.538. The molecule has 0 aliphatic heterocycles. The largest absolute Gasteiger partial charge is 0.317 e. The monoisotopic (exact) mass is 287 g/mol. The minimum atomic E-state index is -0.197. The Morgan fingerprint density at radius 2 is 2.12 bits per heavy atom. The molecule has 2 atom stereocenters. The lowest BCUT2D eigenvalue weighted by molar-refractivity contribution is 0.386. The van der Waals surface area contributed by atoms with Gasteiger partial charge in [0, 0.05) is 6.04 Å². The lowest BCUT2D eigenvalue weighted by atomic mass is 9.92. The minimum Gasteiger partial charge on any atom is -0.317 e. The van der Waals surface area contributed by atoms with Crippen LogP contribution in [0.2, 0.25) is 0 Å². The van der Waals surface area contributed by atoms with Gasteiger partial charge in [0.2, 0.25) is 0 Å². The first-order valence-electron chi connectivity index (χ1n) is 5.69. The molecule has 2 unspecified atom stereocenters. The van der Waals surface area contributed by atoms with Crippen LogP contribution in [0.1, 0.15) is 25.8 Å². The summed E-state index contributed by atoms with van der Waals surface area (Å²) in [6.07, 6.45) is 2.08. The van der Waals surface area contributed by atoms with Crippen LogP contribution in [0.4, 0.5) is 4.39 Å². The summed E-state index contributed by atoms with van der Waals surface area (Å²) in [7, 11) is 1.99. The Hall–Kier alpha value is -0.410. The van der Waals surface area contributed by atoms with E-state index in [1.807, 2.05) is 19.2 Å². The van der Waals surface area contributed by atoms with Gasteiger partial charge in [0.05, 0.1) is 4.47 Å². The van der Waals surface area contributed by atoms with Crippen molar-refractivity contribution in [3.63, 3.8) is 0 Å². The number of halogens is 2. The number of benzene rings is 1. The highest BCUT2D eigenvalue weighted by atomic mass is 79.9. The van der Waals surface area contributed by atoms with E-state index in [4.69, 9.17) is 0 Å². The van der Waals surface area contributed by atoms with Crippen molar-refractivity contribution in [3.05, 3.63) is 34.1 Å². The van der Waals surface area contributed by atoms with E-state index in [1.165, 1.54) is 11.6 Å². The predicted molar refractivity (Wildman–Crippen MR) is 70.1 cm³/mol. The lowest BCUT2D eigenvalue weighted by Gasteiger charge is -2.22. The molecule has 0 amide bonds. The van der Waals surface area contributed by atoms with E-state index in [0.717, 1.165) is 12.8 Å². The van der Waals surface area contributed by atoms with Crippen molar-refractivity contribution in [2.45, 2.75) is 32.7 Å². The molecular weight excluding hydrogens is 269 g/mol. The van der Waals surface area contributed by atoms with Crippen LogP contribution in [0.3, 0.4) is 0 Å². The normalized spacial score (nSPS) is 14.8. The SMILES string of the molecule is CCC(NC)C(C)Cc1ccc(F)c(Br)c1. The molecule has 0 bridgehead atoms. The Morgan fingerprint density at radius 3 is 2.62 bits per heavy atom. The first-order valence-corrected chi connectivity index (χ1v) is 6.49. The second kappa shape index (κ2) is 6.36. The summed E-state index contributed by atoms with van der Waals surface area (Å²) in [5.41, 5.74) is 1.18. The van der Waals surface area contributed by atoms with Crippen LogP contribution >= 0.6 is 15.9 Å². The number of rotatable bonds is 5. The molecule has 0 aromatic heterocycles. The molecular formula is C13H19BrFN. The number of hydrogen-bond donors (Lipinski definition) is 1. The standard InChI is InChI=1S/C13H19BrFN/c1-4-13(16-3)9(2)7-10-5-6-12(15)11(14)8-10/h5-6,8-9,13,16H,4,7H2,1-3H3. The summed E-state index contributed by atoms with van der Waals surface area (Å²) >= 11 is 3.22. The Morgan fingerprint density at radius 1 is 1.44 bits per heavy atom. The van der Waals surface area contributed by atoms with Gasteiger partial charge >= 0.3 is 0 Å². The molecule has 1 aromatic carbocycles. The van der Waals surface area contributed by atoms with Crippen LogP contribution in [0.5, 0.6) is 0 Å². The summed E-state index contributed by atoms with van der Waals surface area (Å²) in [6.45, 7) is 4.40. The van der Waals surface area contributed by atoms with Crippen LogP contribution in [0.15, 0.2) is 22.7 Å². The van der Waals surface area contributed by atoms with E-state index < -0.39 is 0 Å². The summed E-state index contributed by atoms with van der Waals surface area (Å²) in [5.74, 6) is 0.351. The zero-order valence-electron chi connectivity index (χ0n) is 10.1. The second-order valence-corrected chi connectivity index (χ2v) is 5.09. The summed E-state index contributed by atoms with van der Waals surface area (Å²) in [5, 5.41) is 3.31. The Kier molecular flexibility index (Phi) is 5.42. The molecule has 3 heteroatoms. The third-order valence-electron chi connectivity index (χ3n) is 3.04. The van der Waals surface area contributed by atoms with Gasteiger partial charge in [-0.05, 0) is 59.4 Å². The van der Waals surface area contributed by atoms with Gasteiger partial charge < -0.3 is 5.32 Å². The quantitative estimate of drug-likeness (QED) is 0.869. The van der Waals surface area contributed by atoms with E-state index in [9.17, 15) is 4.39 Å². The molecule has 0 saturated heterocycles. The maximum Gasteiger partial charge on any atom is 0.137 e. The van der Waals surface area contributed by atoms with Crippen LogP contribution in [-0.2, 0) is 6.42 Å². The fourth-order valence-corrected chi connectivity index (χ4v) is 2.50. The molecule has 0 aliphatic rings. The topological polar surface area (TPSA) is 12.0 Å². The van der Waals surface area contributed by atoms with Crippen LogP contribution in [-0.4, -0.2) is 13.1 Å². The van der Waals surface area contributed by atoms with Crippen LogP contribution < -0.4 is 5.32 Å². The van der Waals surface area contributed by atoms with Crippen molar-refractivity contribution in [1.82, 2.24) is 5.32 Å². The molecule has 0 spiro atoms. The van der Waals surface area contributed by atoms with Gasteiger partial charge in [0.15, 0.2) is 0 Å². The Labute approximate surface area is 106 Å². The first kappa shape index (κ1) is 13.7. The lowest BCUT2D eigenvalue weighted by Crippen LogP contribution is -2.32. The molecule has 0 aliphatic carbocycles. The summed E-state index contributed by atoms with van der Waals surface area (Å²) in [4.78, 5) is 0. The predicted octanol–water partition coefficient (Wildman–Crippen LogP) is 3.76. The van der Waals surface area contributed by atoms with E-state index in [1.54, 1.807) is 0 Å². The molecule has 0 saturated carbocycles. The van der Waals surface area contributed by atoms with Crippen molar-refractivity contribution in [2.24, 2.45) is 5.92 Å². The average Bonchev–Trinajstić information content (AvgIpc) is 2.25. The van der Waals surface area contributed by atoms with Gasteiger partial charge in [0.25, 0.3) is 0 Å². The van der Waals surface area contributed by atoms with Crippen molar-refractivity contribution >= 4 is 15.9 Å².